The summed E-state index contributed by atoms with van der Waals surface area (Å²) in [5, 5.41) is 5.32. The van der Waals surface area contributed by atoms with Crippen LogP contribution in [0.2, 0.25) is 0 Å². The van der Waals surface area contributed by atoms with Crippen LogP contribution in [0.15, 0.2) is 47.4 Å². The van der Waals surface area contributed by atoms with E-state index < -0.39 is 12.1 Å². The van der Waals surface area contributed by atoms with Crippen LogP contribution < -0.4 is 10.6 Å². The molecule has 7 nitrogen and oxygen atoms in total. The van der Waals surface area contributed by atoms with Crippen molar-refractivity contribution in [3.05, 3.63) is 53.6 Å². The molecule has 0 saturated carbocycles. The van der Waals surface area contributed by atoms with Crippen LogP contribution in [0, 0.1) is 0 Å². The fourth-order valence-corrected chi connectivity index (χ4v) is 3.95. The summed E-state index contributed by atoms with van der Waals surface area (Å²) in [6.45, 7) is 5.24. The Kier molecular flexibility index (Phi) is 7.12. The van der Waals surface area contributed by atoms with Crippen LogP contribution in [0.5, 0.6) is 0 Å². The lowest BCUT2D eigenvalue weighted by atomic mass is 10.1. The highest BCUT2D eigenvalue weighted by Gasteiger charge is 2.25. The highest BCUT2D eigenvalue weighted by atomic mass is 32.2. The van der Waals surface area contributed by atoms with Gasteiger partial charge in [0.25, 0.3) is 0 Å². The lowest BCUT2D eigenvalue weighted by Crippen LogP contribution is -2.27. The average Bonchev–Trinajstić information content (AvgIpc) is 2.74. The number of Topliss-reactive ketones (excluding diaryl/α,β-unsaturated/α-hetero) is 1. The van der Waals surface area contributed by atoms with Gasteiger partial charge in [-0.3, -0.25) is 14.4 Å². The van der Waals surface area contributed by atoms with E-state index in [4.69, 9.17) is 4.74 Å². The molecule has 0 aliphatic carbocycles. The first-order valence-electron chi connectivity index (χ1n) is 10.0. The fraction of sp³-hybridized carbons (Fsp3) is 0.304. The summed E-state index contributed by atoms with van der Waals surface area (Å²) < 4.78 is 5.34. The molecule has 0 fully saturated rings. The van der Waals surface area contributed by atoms with E-state index in [1.807, 2.05) is 13.8 Å². The summed E-state index contributed by atoms with van der Waals surface area (Å²) >= 11 is 1.42. The van der Waals surface area contributed by atoms with Gasteiger partial charge in [0.1, 0.15) is 0 Å². The summed E-state index contributed by atoms with van der Waals surface area (Å²) in [5.74, 6) is -1.21. The molecule has 0 aromatic heterocycles. The van der Waals surface area contributed by atoms with Crippen LogP contribution >= 0.6 is 11.8 Å². The van der Waals surface area contributed by atoms with E-state index in [-0.39, 0.29) is 28.4 Å². The Morgan fingerprint density at radius 3 is 2.48 bits per heavy atom. The Morgan fingerprint density at radius 2 is 1.81 bits per heavy atom. The number of rotatable bonds is 7. The van der Waals surface area contributed by atoms with E-state index in [0.29, 0.717) is 23.4 Å². The number of anilines is 2. The number of thioether (sulfide) groups is 1. The van der Waals surface area contributed by atoms with E-state index >= 15 is 0 Å². The van der Waals surface area contributed by atoms with Crippen molar-refractivity contribution in [3.8, 4) is 0 Å². The molecule has 0 bridgehead atoms. The van der Waals surface area contributed by atoms with Gasteiger partial charge in [-0.15, -0.1) is 11.8 Å². The molecule has 2 N–H and O–H groups in total. The van der Waals surface area contributed by atoms with Gasteiger partial charge >= 0.3 is 5.97 Å². The second-order valence-electron chi connectivity index (χ2n) is 7.25. The molecule has 2 unspecified atom stereocenters. The van der Waals surface area contributed by atoms with Crippen LogP contribution in [0.3, 0.4) is 0 Å². The predicted molar refractivity (Wildman–Crippen MR) is 120 cm³/mol. The number of carbonyl (C=O) groups excluding carboxylic acids is 4. The molecule has 2 amide bonds. The molecular formula is C23H24N2O5S. The van der Waals surface area contributed by atoms with Gasteiger partial charge in [0, 0.05) is 22.6 Å². The molecule has 31 heavy (non-hydrogen) atoms. The van der Waals surface area contributed by atoms with E-state index in [1.165, 1.54) is 18.7 Å². The topological polar surface area (TPSA) is 102 Å². The summed E-state index contributed by atoms with van der Waals surface area (Å²) in [5.41, 5.74) is 1.78. The lowest BCUT2D eigenvalue weighted by molar-refractivity contribution is -0.116. The first-order chi connectivity index (χ1) is 14.8. The third-order valence-electron chi connectivity index (χ3n) is 4.73. The molecule has 0 radical (unpaired) electrons. The van der Waals surface area contributed by atoms with Crippen molar-refractivity contribution in [1.29, 1.82) is 0 Å². The highest BCUT2D eigenvalue weighted by molar-refractivity contribution is 8.00. The van der Waals surface area contributed by atoms with Gasteiger partial charge < -0.3 is 15.4 Å². The normalized spacial score (nSPS) is 16.0. The molecule has 1 aliphatic heterocycles. The maximum absolute atomic E-state index is 12.6. The molecule has 8 heteroatoms. The van der Waals surface area contributed by atoms with Crippen molar-refractivity contribution < 1.29 is 23.9 Å². The zero-order valence-corrected chi connectivity index (χ0v) is 18.4. The van der Waals surface area contributed by atoms with E-state index in [9.17, 15) is 19.2 Å². The van der Waals surface area contributed by atoms with Crippen molar-refractivity contribution >= 4 is 46.7 Å². The van der Waals surface area contributed by atoms with Crippen molar-refractivity contribution in [1.82, 2.24) is 0 Å². The Morgan fingerprint density at radius 1 is 1.13 bits per heavy atom. The number of nitrogens with one attached hydrogen (secondary N) is 2. The summed E-state index contributed by atoms with van der Waals surface area (Å²) in [6.07, 6.45) is 0.186. The number of amides is 2. The number of fused-ring (bicyclic) bond motifs is 1. The van der Waals surface area contributed by atoms with Gasteiger partial charge in [-0.25, -0.2) is 4.79 Å². The number of benzene rings is 2. The number of ketones is 1. The molecule has 1 heterocycles. The quantitative estimate of drug-likeness (QED) is 0.492. The molecule has 0 spiro atoms. The monoisotopic (exact) mass is 440 g/mol. The molecule has 3 rings (SSSR count). The third kappa shape index (κ3) is 5.52. The third-order valence-corrected chi connectivity index (χ3v) is 5.91. The number of ether oxygens (including phenoxy) is 1. The van der Waals surface area contributed by atoms with Crippen molar-refractivity contribution in [2.45, 2.75) is 49.9 Å². The minimum absolute atomic E-state index is 0.0852. The molecular weight excluding hydrogens is 416 g/mol. The first kappa shape index (κ1) is 22.6. The molecule has 2 aromatic carbocycles. The van der Waals surface area contributed by atoms with Crippen molar-refractivity contribution in [3.63, 3.8) is 0 Å². The standard InChI is InChI=1S/C23H24N2O5S/c1-4-5-20(26)24-17-9-6-15(7-10-17)21(27)13(2)30-23(29)16-8-11-19-18(12-16)25-22(28)14(3)31-19/h6-14H,4-5H2,1-3H3,(H,24,26)(H,25,28). The van der Waals surface area contributed by atoms with E-state index in [2.05, 4.69) is 10.6 Å². The van der Waals surface area contributed by atoms with E-state index in [1.54, 1.807) is 42.5 Å². The number of hydrogen-bond donors (Lipinski definition) is 2. The van der Waals surface area contributed by atoms with Gasteiger partial charge in [0.15, 0.2) is 6.10 Å². The zero-order chi connectivity index (χ0) is 22.5. The molecule has 0 saturated heterocycles. The Bertz CT molecular complexity index is 1020. The molecule has 2 aromatic rings. The Hall–Kier alpha value is -3.13. The van der Waals surface area contributed by atoms with Gasteiger partial charge in [0.05, 0.1) is 16.5 Å². The number of esters is 1. The minimum Gasteiger partial charge on any atom is -0.451 e. The Labute approximate surface area is 184 Å². The maximum Gasteiger partial charge on any atom is 0.338 e. The zero-order valence-electron chi connectivity index (χ0n) is 17.6. The van der Waals surface area contributed by atoms with Crippen LogP contribution in [-0.2, 0) is 14.3 Å². The smallest absolute Gasteiger partial charge is 0.338 e. The SMILES string of the molecule is CCCC(=O)Nc1ccc(C(=O)C(C)OC(=O)c2ccc3c(c2)NC(=O)C(C)S3)cc1. The lowest BCUT2D eigenvalue weighted by Gasteiger charge is -2.21. The van der Waals surface area contributed by atoms with Gasteiger partial charge in [-0.05, 0) is 62.7 Å². The Balaban J connectivity index is 1.63. The summed E-state index contributed by atoms with van der Waals surface area (Å²) in [6, 6.07) is 11.4. The van der Waals surface area contributed by atoms with Gasteiger partial charge in [-0.2, -0.15) is 0 Å². The largest absolute Gasteiger partial charge is 0.451 e. The molecule has 2 atom stereocenters. The predicted octanol–water partition coefficient (Wildman–Crippen LogP) is 4.29. The van der Waals surface area contributed by atoms with Gasteiger partial charge in [0.2, 0.25) is 17.6 Å². The van der Waals surface area contributed by atoms with Crippen LogP contribution in [0.4, 0.5) is 11.4 Å². The van der Waals surface area contributed by atoms with Crippen LogP contribution in [0.25, 0.3) is 0 Å². The summed E-state index contributed by atoms with van der Waals surface area (Å²) in [7, 11) is 0. The highest BCUT2D eigenvalue weighted by Crippen LogP contribution is 2.36. The minimum atomic E-state index is -0.993. The first-order valence-corrected chi connectivity index (χ1v) is 10.9. The van der Waals surface area contributed by atoms with Gasteiger partial charge in [-0.1, -0.05) is 6.92 Å². The molecule has 1 aliphatic rings. The van der Waals surface area contributed by atoms with Crippen molar-refractivity contribution in [2.24, 2.45) is 0 Å². The van der Waals surface area contributed by atoms with Crippen LogP contribution in [0.1, 0.15) is 54.3 Å². The number of hydrogen-bond acceptors (Lipinski definition) is 6. The average molecular weight is 441 g/mol. The number of carbonyl (C=O) groups is 4. The van der Waals surface area contributed by atoms with Crippen molar-refractivity contribution in [2.75, 3.05) is 10.6 Å². The van der Waals surface area contributed by atoms with Crippen LogP contribution in [-0.4, -0.2) is 34.9 Å². The second kappa shape index (κ2) is 9.78. The fourth-order valence-electron chi connectivity index (χ4n) is 3.02. The maximum atomic E-state index is 12.6. The summed E-state index contributed by atoms with van der Waals surface area (Å²) in [4.78, 5) is 49.5. The molecule has 162 valence electrons. The second-order valence-corrected chi connectivity index (χ2v) is 8.63. The van der Waals surface area contributed by atoms with E-state index in [0.717, 1.165) is 11.3 Å².